The minimum absolute atomic E-state index is 0.0795. The molecule has 1 aliphatic rings. The second-order valence-electron chi connectivity index (χ2n) is 5.98. The number of thiophene rings is 1. The van der Waals surface area contributed by atoms with Gasteiger partial charge in [0.05, 0.1) is 4.88 Å². The molecule has 1 saturated heterocycles. The number of amides is 1. The Bertz CT molecular complexity index is 881. The van der Waals surface area contributed by atoms with Crippen LogP contribution in [0.25, 0.3) is 0 Å². The van der Waals surface area contributed by atoms with Crippen LogP contribution in [-0.2, 0) is 10.0 Å². The van der Waals surface area contributed by atoms with E-state index < -0.39 is 15.8 Å². The number of halogens is 1. The first-order valence-electron chi connectivity index (χ1n) is 7.91. The van der Waals surface area contributed by atoms with Gasteiger partial charge in [0.2, 0.25) is 10.0 Å². The van der Waals surface area contributed by atoms with E-state index in [1.165, 1.54) is 33.8 Å². The number of nitrogens with zero attached hydrogens (tertiary/aromatic N) is 2. The summed E-state index contributed by atoms with van der Waals surface area (Å²) in [6.07, 6.45) is 0. The van der Waals surface area contributed by atoms with Crippen LogP contribution in [0.15, 0.2) is 35.2 Å². The van der Waals surface area contributed by atoms with Gasteiger partial charge >= 0.3 is 0 Å². The third kappa shape index (κ3) is 3.47. The van der Waals surface area contributed by atoms with Crippen LogP contribution in [0.2, 0.25) is 0 Å². The predicted molar refractivity (Wildman–Crippen MR) is 94.9 cm³/mol. The van der Waals surface area contributed by atoms with Gasteiger partial charge in [-0.15, -0.1) is 11.3 Å². The highest BCUT2D eigenvalue weighted by atomic mass is 32.2. The summed E-state index contributed by atoms with van der Waals surface area (Å²) in [6, 6.07) is 7.21. The van der Waals surface area contributed by atoms with E-state index in [0.717, 1.165) is 16.5 Å². The molecular formula is C17H19FN2O3S2. The highest BCUT2D eigenvalue weighted by Gasteiger charge is 2.32. The third-order valence-corrected chi connectivity index (χ3v) is 7.43. The van der Waals surface area contributed by atoms with Crippen molar-refractivity contribution in [3.05, 3.63) is 51.5 Å². The fourth-order valence-corrected chi connectivity index (χ4v) is 5.25. The van der Waals surface area contributed by atoms with Crippen molar-refractivity contribution >= 4 is 27.3 Å². The Balaban J connectivity index is 1.71. The number of hydrogen-bond acceptors (Lipinski definition) is 4. The van der Waals surface area contributed by atoms with Gasteiger partial charge in [0.15, 0.2) is 0 Å². The number of carbonyl (C=O) groups is 1. The average Bonchev–Trinajstić information content (AvgIpc) is 2.93. The zero-order chi connectivity index (χ0) is 18.2. The smallest absolute Gasteiger partial charge is 0.264 e. The molecule has 0 spiro atoms. The van der Waals surface area contributed by atoms with E-state index in [4.69, 9.17) is 0 Å². The summed E-state index contributed by atoms with van der Waals surface area (Å²) in [4.78, 5) is 15.7. The van der Waals surface area contributed by atoms with Crippen LogP contribution in [0, 0.1) is 19.7 Å². The molecule has 1 aromatic carbocycles. The van der Waals surface area contributed by atoms with E-state index in [0.29, 0.717) is 18.0 Å². The first kappa shape index (κ1) is 18.0. The SMILES string of the molecule is Cc1cc(C(=O)N2CCN(S(=O)(=O)c3ccccc3F)CC2)sc1C. The Morgan fingerprint density at radius 2 is 1.76 bits per heavy atom. The van der Waals surface area contributed by atoms with Crippen molar-refractivity contribution in [3.63, 3.8) is 0 Å². The molecule has 134 valence electrons. The number of sulfonamides is 1. The molecule has 0 radical (unpaired) electrons. The third-order valence-electron chi connectivity index (χ3n) is 4.36. The molecule has 0 bridgehead atoms. The summed E-state index contributed by atoms with van der Waals surface area (Å²) in [5.74, 6) is -0.838. The Morgan fingerprint density at radius 1 is 1.12 bits per heavy atom. The van der Waals surface area contributed by atoms with Crippen molar-refractivity contribution in [1.29, 1.82) is 0 Å². The molecule has 0 saturated carbocycles. The summed E-state index contributed by atoms with van der Waals surface area (Å²) in [7, 11) is -3.89. The van der Waals surface area contributed by atoms with Crippen LogP contribution in [0.4, 0.5) is 4.39 Å². The molecule has 0 N–H and O–H groups in total. The van der Waals surface area contributed by atoms with E-state index in [2.05, 4.69) is 0 Å². The van der Waals surface area contributed by atoms with Crippen LogP contribution < -0.4 is 0 Å². The number of piperazine rings is 1. The van der Waals surface area contributed by atoms with E-state index in [1.807, 2.05) is 19.9 Å². The molecule has 0 atom stereocenters. The molecule has 2 heterocycles. The van der Waals surface area contributed by atoms with Crippen molar-refractivity contribution in [2.45, 2.75) is 18.7 Å². The quantitative estimate of drug-likeness (QED) is 0.820. The van der Waals surface area contributed by atoms with Crippen molar-refractivity contribution in [3.8, 4) is 0 Å². The largest absolute Gasteiger partial charge is 0.335 e. The highest BCUT2D eigenvalue weighted by molar-refractivity contribution is 7.89. The van der Waals surface area contributed by atoms with E-state index in [-0.39, 0.29) is 23.9 Å². The van der Waals surface area contributed by atoms with Gasteiger partial charge in [-0.2, -0.15) is 4.31 Å². The van der Waals surface area contributed by atoms with Crippen molar-refractivity contribution < 1.29 is 17.6 Å². The molecule has 8 heteroatoms. The van der Waals surface area contributed by atoms with Crippen LogP contribution in [0.1, 0.15) is 20.1 Å². The van der Waals surface area contributed by atoms with E-state index >= 15 is 0 Å². The lowest BCUT2D eigenvalue weighted by molar-refractivity contribution is 0.0702. The molecule has 0 unspecified atom stereocenters. The van der Waals surface area contributed by atoms with Crippen molar-refractivity contribution in [2.24, 2.45) is 0 Å². The normalized spacial score (nSPS) is 16.2. The number of rotatable bonds is 3. The van der Waals surface area contributed by atoms with Crippen LogP contribution >= 0.6 is 11.3 Å². The summed E-state index contributed by atoms with van der Waals surface area (Å²) in [6.45, 7) is 4.83. The second kappa shape index (κ2) is 6.86. The fourth-order valence-electron chi connectivity index (χ4n) is 2.76. The van der Waals surface area contributed by atoms with Gasteiger partial charge in [-0.25, -0.2) is 12.8 Å². The van der Waals surface area contributed by atoms with Gasteiger partial charge < -0.3 is 4.90 Å². The van der Waals surface area contributed by atoms with Gasteiger partial charge in [0.1, 0.15) is 10.7 Å². The maximum Gasteiger partial charge on any atom is 0.264 e. The molecule has 0 aliphatic carbocycles. The molecule has 1 aromatic heterocycles. The van der Waals surface area contributed by atoms with Gasteiger partial charge in [-0.1, -0.05) is 12.1 Å². The molecular weight excluding hydrogens is 363 g/mol. The minimum Gasteiger partial charge on any atom is -0.335 e. The maximum atomic E-state index is 13.8. The lowest BCUT2D eigenvalue weighted by atomic mass is 10.2. The Labute approximate surface area is 150 Å². The van der Waals surface area contributed by atoms with Crippen LogP contribution in [-0.4, -0.2) is 49.7 Å². The lowest BCUT2D eigenvalue weighted by Crippen LogP contribution is -2.50. The summed E-state index contributed by atoms with van der Waals surface area (Å²) in [5, 5.41) is 0. The first-order valence-corrected chi connectivity index (χ1v) is 10.2. The van der Waals surface area contributed by atoms with Gasteiger partial charge in [0, 0.05) is 31.1 Å². The first-order chi connectivity index (χ1) is 11.8. The van der Waals surface area contributed by atoms with E-state index in [9.17, 15) is 17.6 Å². The van der Waals surface area contributed by atoms with Crippen LogP contribution in [0.5, 0.6) is 0 Å². The molecule has 2 aromatic rings. The van der Waals surface area contributed by atoms with Crippen molar-refractivity contribution in [2.75, 3.05) is 26.2 Å². The summed E-state index contributed by atoms with van der Waals surface area (Å²) >= 11 is 1.45. The minimum atomic E-state index is -3.89. The molecule has 5 nitrogen and oxygen atoms in total. The van der Waals surface area contributed by atoms with Crippen LogP contribution in [0.3, 0.4) is 0 Å². The predicted octanol–water partition coefficient (Wildman–Crippen LogP) is 2.65. The number of benzene rings is 1. The Kier molecular flexibility index (Phi) is 4.95. The lowest BCUT2D eigenvalue weighted by Gasteiger charge is -2.33. The number of carbonyl (C=O) groups excluding carboxylic acids is 1. The number of aryl methyl sites for hydroxylation is 2. The number of hydrogen-bond donors (Lipinski definition) is 0. The second-order valence-corrected chi connectivity index (χ2v) is 9.14. The van der Waals surface area contributed by atoms with Gasteiger partial charge in [0.25, 0.3) is 5.91 Å². The zero-order valence-corrected chi connectivity index (χ0v) is 15.7. The standard InChI is InChI=1S/C17H19FN2O3S2/c1-12-11-15(24-13(12)2)17(21)19-7-9-20(10-8-19)25(22,23)16-6-4-3-5-14(16)18/h3-6,11H,7-10H2,1-2H3. The Morgan fingerprint density at radius 3 is 2.32 bits per heavy atom. The Hall–Kier alpha value is -1.77. The topological polar surface area (TPSA) is 57.7 Å². The average molecular weight is 382 g/mol. The molecule has 1 aliphatic heterocycles. The van der Waals surface area contributed by atoms with Gasteiger partial charge in [-0.05, 0) is 37.6 Å². The molecule has 1 amide bonds. The molecule has 25 heavy (non-hydrogen) atoms. The summed E-state index contributed by atoms with van der Waals surface area (Å²) < 4.78 is 40.2. The van der Waals surface area contributed by atoms with Crippen molar-refractivity contribution in [1.82, 2.24) is 9.21 Å². The van der Waals surface area contributed by atoms with E-state index in [1.54, 1.807) is 4.90 Å². The maximum absolute atomic E-state index is 13.8. The zero-order valence-electron chi connectivity index (χ0n) is 14.0. The highest BCUT2D eigenvalue weighted by Crippen LogP contribution is 2.24. The molecule has 3 rings (SSSR count). The van der Waals surface area contributed by atoms with Gasteiger partial charge in [-0.3, -0.25) is 4.79 Å². The monoisotopic (exact) mass is 382 g/mol. The molecule has 1 fully saturated rings. The fraction of sp³-hybridized carbons (Fsp3) is 0.353. The summed E-state index contributed by atoms with van der Waals surface area (Å²) in [5.41, 5.74) is 1.08.